The number of nitrogens with zero attached hydrogens (tertiary/aromatic N) is 4. The maximum absolute atomic E-state index is 7.23. The number of furan rings is 1. The molecule has 0 aliphatic heterocycles. The van der Waals surface area contributed by atoms with Crippen LogP contribution in [-0.2, 0) is 0 Å². The largest absolute Gasteiger partial charge is 0.457 e. The molecule has 9 aromatic rings. The summed E-state index contributed by atoms with van der Waals surface area (Å²) in [7, 11) is 29.4. The Hall–Kier alpha value is -5.23. The number of hydrogen-bond donors (Lipinski definition) is 0. The van der Waals surface area contributed by atoms with Crippen LogP contribution in [0.4, 0.5) is 0 Å². The molecule has 0 saturated heterocycles. The van der Waals surface area contributed by atoms with E-state index in [4.69, 9.17) is 19.4 Å². The molecule has 3 heterocycles. The van der Waals surface area contributed by atoms with Crippen molar-refractivity contribution in [2.75, 3.05) is 0 Å². The lowest BCUT2D eigenvalue weighted by Crippen LogP contribution is -2.48. The van der Waals surface area contributed by atoms with Crippen molar-refractivity contribution in [1.82, 2.24) is 19.5 Å². The summed E-state index contributed by atoms with van der Waals surface area (Å²) in [5, 5.41) is 4.89. The van der Waals surface area contributed by atoms with Crippen LogP contribution in [0.25, 0.3) is 83.6 Å². The lowest BCUT2D eigenvalue weighted by atomic mass is 9.65. The first-order chi connectivity index (χ1) is 27.2. The lowest BCUT2D eigenvalue weighted by molar-refractivity contribution is 0.674. The molecular formula is C39H37B13N4O. The van der Waals surface area contributed by atoms with Crippen LogP contribution in [-0.4, -0.2) is 122 Å². The van der Waals surface area contributed by atoms with E-state index in [2.05, 4.69) is 137 Å². The molecule has 0 amide bonds. The zero-order chi connectivity index (χ0) is 40.3. The van der Waals surface area contributed by atoms with E-state index in [1.165, 1.54) is 82.1 Å². The third-order valence-electron chi connectivity index (χ3n) is 13.5. The van der Waals surface area contributed by atoms with Crippen LogP contribution in [0.1, 0.15) is 0 Å². The van der Waals surface area contributed by atoms with Gasteiger partial charge in [0.15, 0.2) is 17.5 Å². The molecule has 6 aromatic carbocycles. The van der Waals surface area contributed by atoms with Gasteiger partial charge in [-0.2, -0.15) is 0 Å². The maximum atomic E-state index is 7.23. The summed E-state index contributed by atoms with van der Waals surface area (Å²) in [6, 6.07) is 22.8. The predicted octanol–water partition coefficient (Wildman–Crippen LogP) is -12.8. The molecule has 0 aliphatic rings. The molecule has 0 N–H and O–H groups in total. The first-order valence-electron chi connectivity index (χ1n) is 20.1. The van der Waals surface area contributed by atoms with Gasteiger partial charge < -0.3 is 8.98 Å². The number of benzene rings is 6. The van der Waals surface area contributed by atoms with E-state index in [-0.39, 0.29) is 0 Å². The van der Waals surface area contributed by atoms with Crippen molar-refractivity contribution in [2.45, 2.75) is 0 Å². The molecule has 0 saturated carbocycles. The highest BCUT2D eigenvalue weighted by molar-refractivity contribution is 6.70. The van der Waals surface area contributed by atoms with Crippen LogP contribution in [0.2, 0.25) is 0 Å². The van der Waals surface area contributed by atoms with Crippen molar-refractivity contribution in [2.24, 2.45) is 0 Å². The number of rotatable bonds is 4. The molecule has 258 valence electrons. The number of aromatic nitrogens is 4. The molecule has 5 nitrogen and oxygen atoms in total. The van der Waals surface area contributed by atoms with Crippen LogP contribution in [0.5, 0.6) is 0 Å². The van der Waals surface area contributed by atoms with E-state index < -0.39 is 0 Å². The van der Waals surface area contributed by atoms with E-state index in [9.17, 15) is 0 Å². The highest BCUT2D eigenvalue weighted by Gasteiger charge is 2.29. The first-order valence-corrected chi connectivity index (χ1v) is 20.1. The monoisotopic (exact) mass is 720 g/mol. The number of fused-ring (bicyclic) bond motifs is 6. The van der Waals surface area contributed by atoms with Gasteiger partial charge in [-0.05, 0) is 10.8 Å². The van der Waals surface area contributed by atoms with Crippen molar-refractivity contribution < 1.29 is 4.42 Å². The standard InChI is InChI=1S/C39H37B13N4O/c40-14-11-15(41)21(42)32-16(14)18-22(43)25(46)27(48)29(50)33(18)56(32)34-28(49)23(44)19-17-20(24(45)26(47)30(51)35(17)57-36(19)31(34)52)39-54-37(12-7-3-1-4-8-12)53-38(55-39)13-9-5-2-6-10-13/h1-11H,40-52H2. The second-order valence-corrected chi connectivity index (χ2v) is 16.4. The van der Waals surface area contributed by atoms with Crippen LogP contribution in [0, 0.1) is 0 Å². The molecule has 0 fully saturated rings. The van der Waals surface area contributed by atoms with Gasteiger partial charge in [-0.25, -0.2) is 15.0 Å². The third-order valence-corrected chi connectivity index (χ3v) is 13.5. The second-order valence-electron chi connectivity index (χ2n) is 16.4. The summed E-state index contributed by atoms with van der Waals surface area (Å²) in [5.74, 6) is 1.94. The van der Waals surface area contributed by atoms with Crippen molar-refractivity contribution in [3.8, 4) is 39.9 Å². The third kappa shape index (κ3) is 5.31. The maximum Gasteiger partial charge on any atom is 0.164 e. The van der Waals surface area contributed by atoms with Crippen LogP contribution in [0.15, 0.2) is 71.1 Å². The van der Waals surface area contributed by atoms with Gasteiger partial charge in [0, 0.05) is 49.6 Å². The fourth-order valence-electron chi connectivity index (χ4n) is 9.55. The first kappa shape index (κ1) is 37.4. The SMILES string of the molecule is Bc1cc(B)c2c3c(B)c(B)c(B)c(B)c3n(-c3c(B)c(B)c4c(oc5c(B)c(B)c(B)c(-c6nc(-c7ccccc7)nc(-c7ccccc7)n6)c54)c3B)c2c1B. The summed E-state index contributed by atoms with van der Waals surface area (Å²) in [5.41, 5.74) is 24.8. The lowest BCUT2D eigenvalue weighted by Gasteiger charge is -2.22. The molecule has 0 bridgehead atoms. The summed E-state index contributed by atoms with van der Waals surface area (Å²) in [4.78, 5) is 15.6. The summed E-state index contributed by atoms with van der Waals surface area (Å²) < 4.78 is 9.82. The summed E-state index contributed by atoms with van der Waals surface area (Å²) in [6.45, 7) is 0. The Labute approximate surface area is 345 Å². The molecule has 57 heavy (non-hydrogen) atoms. The molecule has 0 radical (unpaired) electrons. The normalized spacial score (nSPS) is 11.7. The van der Waals surface area contributed by atoms with Crippen molar-refractivity contribution in [3.05, 3.63) is 66.7 Å². The summed E-state index contributed by atoms with van der Waals surface area (Å²) in [6.07, 6.45) is 0. The minimum absolute atomic E-state index is 0.646. The Bertz CT molecular complexity index is 3160. The van der Waals surface area contributed by atoms with Gasteiger partial charge in [-0.3, -0.25) is 0 Å². The van der Waals surface area contributed by atoms with E-state index in [1.54, 1.807) is 0 Å². The van der Waals surface area contributed by atoms with Crippen molar-refractivity contribution in [3.63, 3.8) is 0 Å². The highest BCUT2D eigenvalue weighted by atomic mass is 16.3. The predicted molar refractivity (Wildman–Crippen MR) is 284 cm³/mol. The van der Waals surface area contributed by atoms with E-state index in [0.717, 1.165) is 55.0 Å². The molecule has 0 spiro atoms. The van der Waals surface area contributed by atoms with Crippen molar-refractivity contribution >= 4 is 217 Å². The Balaban J connectivity index is 1.44. The van der Waals surface area contributed by atoms with E-state index >= 15 is 0 Å². The topological polar surface area (TPSA) is 56.7 Å². The van der Waals surface area contributed by atoms with E-state index in [0.29, 0.717) is 17.5 Å². The quantitative estimate of drug-likeness (QED) is 0.170. The molecular weight excluding hydrogens is 681 g/mol. The van der Waals surface area contributed by atoms with Gasteiger partial charge in [-0.1, -0.05) is 127 Å². The minimum Gasteiger partial charge on any atom is -0.457 e. The van der Waals surface area contributed by atoms with Gasteiger partial charge in [0.05, 0.1) is 0 Å². The Morgan fingerprint density at radius 2 is 0.877 bits per heavy atom. The smallest absolute Gasteiger partial charge is 0.164 e. The molecule has 3 aromatic heterocycles. The highest BCUT2D eigenvalue weighted by Crippen LogP contribution is 2.34. The Morgan fingerprint density at radius 1 is 0.386 bits per heavy atom. The zero-order valence-electron chi connectivity index (χ0n) is 35.5. The molecule has 9 rings (SSSR count). The van der Waals surface area contributed by atoms with Gasteiger partial charge >= 0.3 is 0 Å². The average Bonchev–Trinajstić information content (AvgIpc) is 3.79. The Morgan fingerprint density at radius 3 is 1.47 bits per heavy atom. The second kappa shape index (κ2) is 13.4. The molecule has 0 atom stereocenters. The van der Waals surface area contributed by atoms with Gasteiger partial charge in [0.2, 0.25) is 0 Å². The minimum atomic E-state index is 0.646. The van der Waals surface area contributed by atoms with Crippen LogP contribution < -0.4 is 71.0 Å². The van der Waals surface area contributed by atoms with Gasteiger partial charge in [-0.15, -0.1) is 5.46 Å². The van der Waals surface area contributed by atoms with E-state index in [1.807, 2.05) is 36.4 Å². The number of hydrogen-bond acceptors (Lipinski definition) is 4. The zero-order valence-corrected chi connectivity index (χ0v) is 35.5. The summed E-state index contributed by atoms with van der Waals surface area (Å²) >= 11 is 0. The average molecular weight is 718 g/mol. The fraction of sp³-hybridized carbons (Fsp3) is 0. The van der Waals surface area contributed by atoms with Gasteiger partial charge in [0.1, 0.15) is 113 Å². The van der Waals surface area contributed by atoms with Gasteiger partial charge in [0.25, 0.3) is 0 Å². The van der Waals surface area contributed by atoms with Crippen molar-refractivity contribution in [1.29, 1.82) is 0 Å². The van der Waals surface area contributed by atoms with Crippen LogP contribution >= 0.6 is 0 Å². The molecule has 18 heteroatoms. The Kier molecular flexibility index (Phi) is 8.80. The fourth-order valence-corrected chi connectivity index (χ4v) is 9.55. The van der Waals surface area contributed by atoms with Crippen LogP contribution in [0.3, 0.4) is 0 Å². The molecule has 0 aliphatic carbocycles. The molecule has 0 unspecified atom stereocenters.